The van der Waals surface area contributed by atoms with Gasteiger partial charge in [-0.25, -0.2) is 9.67 Å². The van der Waals surface area contributed by atoms with Crippen molar-refractivity contribution < 1.29 is 0 Å². The predicted octanol–water partition coefficient (Wildman–Crippen LogP) is 1.25. The SMILES string of the molecule is CCN(Cc1ncnn1CC)C1CCCC1CN. The van der Waals surface area contributed by atoms with E-state index in [0.29, 0.717) is 12.0 Å². The summed E-state index contributed by atoms with van der Waals surface area (Å²) in [5, 5.41) is 4.24. The first-order valence-electron chi connectivity index (χ1n) is 7.10. The molecule has 0 bridgehead atoms. The van der Waals surface area contributed by atoms with Gasteiger partial charge in [0.2, 0.25) is 0 Å². The van der Waals surface area contributed by atoms with Gasteiger partial charge >= 0.3 is 0 Å². The van der Waals surface area contributed by atoms with E-state index in [1.165, 1.54) is 19.3 Å². The standard InChI is InChI=1S/C13H25N5/c1-3-17(12-7-5-6-11(12)8-14)9-13-15-10-16-18(13)4-2/h10-12H,3-9,14H2,1-2H3. The molecule has 5 heteroatoms. The highest BCUT2D eigenvalue weighted by Gasteiger charge is 2.30. The first-order valence-corrected chi connectivity index (χ1v) is 7.10. The van der Waals surface area contributed by atoms with Gasteiger partial charge in [-0.15, -0.1) is 0 Å². The quantitative estimate of drug-likeness (QED) is 0.826. The molecule has 18 heavy (non-hydrogen) atoms. The van der Waals surface area contributed by atoms with Crippen molar-refractivity contribution in [2.45, 2.75) is 52.2 Å². The number of nitrogens with zero attached hydrogens (tertiary/aromatic N) is 4. The number of rotatable bonds is 6. The van der Waals surface area contributed by atoms with Crippen LogP contribution >= 0.6 is 0 Å². The Labute approximate surface area is 109 Å². The van der Waals surface area contributed by atoms with Gasteiger partial charge in [-0.1, -0.05) is 13.3 Å². The van der Waals surface area contributed by atoms with E-state index in [4.69, 9.17) is 5.73 Å². The molecule has 0 spiro atoms. The summed E-state index contributed by atoms with van der Waals surface area (Å²) in [6.07, 6.45) is 5.51. The Morgan fingerprint density at radius 2 is 2.28 bits per heavy atom. The molecule has 0 aromatic carbocycles. The molecule has 1 heterocycles. The average Bonchev–Trinajstić information content (AvgIpc) is 3.03. The third-order valence-electron chi connectivity index (χ3n) is 4.14. The van der Waals surface area contributed by atoms with Crippen LogP contribution in [0.3, 0.4) is 0 Å². The lowest BCUT2D eigenvalue weighted by Gasteiger charge is -2.31. The highest BCUT2D eigenvalue weighted by molar-refractivity contribution is 4.90. The minimum atomic E-state index is 0.627. The van der Waals surface area contributed by atoms with Crippen molar-refractivity contribution in [3.63, 3.8) is 0 Å². The summed E-state index contributed by atoms with van der Waals surface area (Å²) in [5.41, 5.74) is 5.89. The van der Waals surface area contributed by atoms with E-state index in [9.17, 15) is 0 Å². The molecule has 1 aromatic heterocycles. The monoisotopic (exact) mass is 251 g/mol. The highest BCUT2D eigenvalue weighted by Crippen LogP contribution is 2.29. The van der Waals surface area contributed by atoms with E-state index < -0.39 is 0 Å². The number of aromatic nitrogens is 3. The summed E-state index contributed by atoms with van der Waals surface area (Å²) < 4.78 is 1.98. The molecule has 2 unspecified atom stereocenters. The molecule has 1 aromatic rings. The predicted molar refractivity (Wildman–Crippen MR) is 72.0 cm³/mol. The lowest BCUT2D eigenvalue weighted by Crippen LogP contribution is -2.40. The van der Waals surface area contributed by atoms with Crippen LogP contribution in [0.25, 0.3) is 0 Å². The summed E-state index contributed by atoms with van der Waals surface area (Å²) in [5.74, 6) is 1.73. The molecule has 102 valence electrons. The van der Waals surface area contributed by atoms with E-state index in [1.54, 1.807) is 6.33 Å². The van der Waals surface area contributed by atoms with Gasteiger partial charge in [0, 0.05) is 12.6 Å². The number of hydrogen-bond acceptors (Lipinski definition) is 4. The molecule has 1 fully saturated rings. The minimum Gasteiger partial charge on any atom is -0.330 e. The summed E-state index contributed by atoms with van der Waals surface area (Å²) in [6, 6.07) is 0.627. The third-order valence-corrected chi connectivity index (χ3v) is 4.14. The zero-order chi connectivity index (χ0) is 13.0. The maximum atomic E-state index is 5.89. The zero-order valence-electron chi connectivity index (χ0n) is 11.5. The van der Waals surface area contributed by atoms with Crippen LogP contribution in [0.1, 0.15) is 38.9 Å². The van der Waals surface area contributed by atoms with Gasteiger partial charge in [0.25, 0.3) is 0 Å². The van der Waals surface area contributed by atoms with E-state index in [1.807, 2.05) is 4.68 Å². The van der Waals surface area contributed by atoms with E-state index in [0.717, 1.165) is 32.0 Å². The van der Waals surface area contributed by atoms with Crippen LogP contribution in [0.2, 0.25) is 0 Å². The second kappa shape index (κ2) is 6.29. The van der Waals surface area contributed by atoms with E-state index >= 15 is 0 Å². The Balaban J connectivity index is 2.05. The van der Waals surface area contributed by atoms with Gasteiger partial charge in [0.15, 0.2) is 0 Å². The number of aryl methyl sites for hydroxylation is 1. The Morgan fingerprint density at radius 3 is 2.94 bits per heavy atom. The molecule has 1 aliphatic rings. The summed E-state index contributed by atoms with van der Waals surface area (Å²) in [6.45, 7) is 7.97. The van der Waals surface area contributed by atoms with Crippen LogP contribution in [-0.4, -0.2) is 38.8 Å². The van der Waals surface area contributed by atoms with Crippen LogP contribution < -0.4 is 5.73 Å². The second-order valence-electron chi connectivity index (χ2n) is 5.05. The van der Waals surface area contributed by atoms with Gasteiger partial charge in [-0.3, -0.25) is 4.90 Å². The zero-order valence-corrected chi connectivity index (χ0v) is 11.5. The Kier molecular flexibility index (Phi) is 4.72. The Hall–Kier alpha value is -0.940. The largest absolute Gasteiger partial charge is 0.330 e. The fourth-order valence-electron chi connectivity index (χ4n) is 3.09. The smallest absolute Gasteiger partial charge is 0.141 e. The highest BCUT2D eigenvalue weighted by atomic mass is 15.3. The molecule has 2 rings (SSSR count). The van der Waals surface area contributed by atoms with Gasteiger partial charge in [0.05, 0.1) is 6.54 Å². The number of hydrogen-bond donors (Lipinski definition) is 1. The Morgan fingerprint density at radius 1 is 1.44 bits per heavy atom. The van der Waals surface area contributed by atoms with Gasteiger partial charge in [0.1, 0.15) is 12.2 Å². The topological polar surface area (TPSA) is 60.0 Å². The van der Waals surface area contributed by atoms with Crippen LogP contribution in [0.15, 0.2) is 6.33 Å². The lowest BCUT2D eigenvalue weighted by molar-refractivity contribution is 0.156. The fraction of sp³-hybridized carbons (Fsp3) is 0.846. The van der Waals surface area contributed by atoms with Crippen molar-refractivity contribution in [1.29, 1.82) is 0 Å². The van der Waals surface area contributed by atoms with Gasteiger partial charge in [-0.2, -0.15) is 5.10 Å². The molecule has 0 aliphatic heterocycles. The van der Waals surface area contributed by atoms with Crippen LogP contribution in [-0.2, 0) is 13.1 Å². The van der Waals surface area contributed by atoms with E-state index in [-0.39, 0.29) is 0 Å². The summed E-state index contributed by atoms with van der Waals surface area (Å²) in [7, 11) is 0. The van der Waals surface area contributed by atoms with Crippen LogP contribution in [0, 0.1) is 5.92 Å². The average molecular weight is 251 g/mol. The molecule has 5 nitrogen and oxygen atoms in total. The molecule has 1 saturated carbocycles. The lowest BCUT2D eigenvalue weighted by atomic mass is 10.0. The molecule has 0 amide bonds. The van der Waals surface area contributed by atoms with E-state index in [2.05, 4.69) is 28.8 Å². The van der Waals surface area contributed by atoms with Gasteiger partial charge in [-0.05, 0) is 38.8 Å². The maximum Gasteiger partial charge on any atom is 0.141 e. The van der Waals surface area contributed by atoms with Crippen molar-refractivity contribution in [1.82, 2.24) is 19.7 Å². The minimum absolute atomic E-state index is 0.627. The van der Waals surface area contributed by atoms with Crippen molar-refractivity contribution in [3.05, 3.63) is 12.2 Å². The summed E-state index contributed by atoms with van der Waals surface area (Å²) >= 11 is 0. The first kappa shape index (κ1) is 13.5. The van der Waals surface area contributed by atoms with Crippen LogP contribution in [0.4, 0.5) is 0 Å². The summed E-state index contributed by atoms with van der Waals surface area (Å²) in [4.78, 5) is 6.89. The fourth-order valence-corrected chi connectivity index (χ4v) is 3.09. The normalized spacial score (nSPS) is 24.0. The molecule has 2 N–H and O–H groups in total. The van der Waals surface area contributed by atoms with Crippen LogP contribution in [0.5, 0.6) is 0 Å². The molecule has 0 radical (unpaired) electrons. The number of nitrogens with two attached hydrogens (primary N) is 1. The van der Waals surface area contributed by atoms with Crippen molar-refractivity contribution >= 4 is 0 Å². The first-order chi connectivity index (χ1) is 8.80. The maximum absolute atomic E-state index is 5.89. The van der Waals surface area contributed by atoms with Gasteiger partial charge < -0.3 is 5.73 Å². The molecular weight excluding hydrogens is 226 g/mol. The van der Waals surface area contributed by atoms with Crippen molar-refractivity contribution in [2.24, 2.45) is 11.7 Å². The Bertz CT molecular complexity index is 362. The molecule has 0 saturated heterocycles. The third kappa shape index (κ3) is 2.72. The second-order valence-corrected chi connectivity index (χ2v) is 5.05. The molecule has 1 aliphatic carbocycles. The molecule has 2 atom stereocenters. The van der Waals surface area contributed by atoms with Crippen molar-refractivity contribution in [2.75, 3.05) is 13.1 Å². The van der Waals surface area contributed by atoms with Crippen molar-refractivity contribution in [3.8, 4) is 0 Å². The molecular formula is C13H25N5.